The largest absolute Gasteiger partial charge is 0.481 e. The van der Waals surface area contributed by atoms with Crippen LogP contribution in [-0.4, -0.2) is 18.6 Å². The number of amides is 1. The summed E-state index contributed by atoms with van der Waals surface area (Å²) in [6.07, 6.45) is 2.79. The number of unbranched alkanes of at least 4 members (excludes halogenated alkanes) is 2. The zero-order valence-electron chi connectivity index (χ0n) is 10.9. The van der Waals surface area contributed by atoms with Crippen LogP contribution in [0, 0.1) is 0 Å². The summed E-state index contributed by atoms with van der Waals surface area (Å²) in [6, 6.07) is 6.98. The van der Waals surface area contributed by atoms with Gasteiger partial charge in [-0.2, -0.15) is 0 Å². The Morgan fingerprint density at radius 3 is 2.61 bits per heavy atom. The molecule has 0 fully saturated rings. The number of halogens is 1. The van der Waals surface area contributed by atoms with E-state index in [2.05, 4.69) is 12.2 Å². The average Bonchev–Trinajstić information content (AvgIpc) is 2.37. The number of hydrogen-bond donors (Lipinski definition) is 1. The molecular weight excluding hydrogens is 250 g/mol. The summed E-state index contributed by atoms with van der Waals surface area (Å²) in [5.74, 6) is 0.566. The molecule has 0 heterocycles. The third-order valence-corrected chi connectivity index (χ3v) is 2.83. The summed E-state index contributed by atoms with van der Waals surface area (Å²) < 4.78 is 5.52. The van der Waals surface area contributed by atoms with Gasteiger partial charge in [0.25, 0.3) is 5.91 Å². The van der Waals surface area contributed by atoms with Crippen LogP contribution in [-0.2, 0) is 4.79 Å². The molecule has 1 unspecified atom stereocenters. The molecule has 0 bridgehead atoms. The molecule has 0 saturated heterocycles. The number of hydrogen-bond acceptors (Lipinski definition) is 2. The molecule has 0 radical (unpaired) electrons. The van der Waals surface area contributed by atoms with Crippen LogP contribution in [0.2, 0.25) is 5.02 Å². The van der Waals surface area contributed by atoms with Crippen molar-refractivity contribution >= 4 is 17.5 Å². The van der Waals surface area contributed by atoms with Crippen LogP contribution < -0.4 is 10.1 Å². The lowest BCUT2D eigenvalue weighted by atomic mass is 10.2. The van der Waals surface area contributed by atoms with Gasteiger partial charge in [0.2, 0.25) is 0 Å². The predicted molar refractivity (Wildman–Crippen MR) is 74.1 cm³/mol. The molecule has 1 atom stereocenters. The minimum absolute atomic E-state index is 0.0824. The Labute approximate surface area is 113 Å². The molecule has 0 spiro atoms. The van der Waals surface area contributed by atoms with Crippen LogP contribution in [0.1, 0.15) is 33.1 Å². The molecule has 3 nitrogen and oxygen atoms in total. The maximum absolute atomic E-state index is 11.7. The van der Waals surface area contributed by atoms with Gasteiger partial charge in [-0.05, 0) is 37.6 Å². The lowest BCUT2D eigenvalue weighted by Crippen LogP contribution is -2.36. The second-order valence-electron chi connectivity index (χ2n) is 4.21. The number of carbonyl (C=O) groups excluding carboxylic acids is 1. The molecule has 4 heteroatoms. The van der Waals surface area contributed by atoms with Crippen molar-refractivity contribution in [3.63, 3.8) is 0 Å². The van der Waals surface area contributed by atoms with Gasteiger partial charge >= 0.3 is 0 Å². The Bertz CT molecular complexity index is 365. The molecule has 1 N–H and O–H groups in total. The first-order chi connectivity index (χ1) is 8.63. The first-order valence-electron chi connectivity index (χ1n) is 6.33. The van der Waals surface area contributed by atoms with E-state index in [9.17, 15) is 4.79 Å². The predicted octanol–water partition coefficient (Wildman–Crippen LogP) is 3.41. The van der Waals surface area contributed by atoms with Crippen LogP contribution in [0.15, 0.2) is 24.3 Å². The van der Waals surface area contributed by atoms with Crippen molar-refractivity contribution in [3.05, 3.63) is 29.3 Å². The highest BCUT2D eigenvalue weighted by atomic mass is 35.5. The molecule has 1 rings (SSSR count). The van der Waals surface area contributed by atoms with E-state index < -0.39 is 6.10 Å². The van der Waals surface area contributed by atoms with Gasteiger partial charge in [0.1, 0.15) is 5.75 Å². The first-order valence-corrected chi connectivity index (χ1v) is 6.71. The first kappa shape index (κ1) is 14.8. The molecule has 0 aromatic heterocycles. The van der Waals surface area contributed by atoms with Gasteiger partial charge in [-0.15, -0.1) is 0 Å². The standard InChI is InChI=1S/C14H20ClNO2/c1-3-4-5-10-16-14(17)11(2)18-13-8-6-12(15)7-9-13/h6-9,11H,3-5,10H2,1-2H3,(H,16,17). The highest BCUT2D eigenvalue weighted by Crippen LogP contribution is 2.16. The normalized spacial score (nSPS) is 11.9. The van der Waals surface area contributed by atoms with Gasteiger partial charge in [0.15, 0.2) is 6.10 Å². The quantitative estimate of drug-likeness (QED) is 0.771. The van der Waals surface area contributed by atoms with Gasteiger partial charge in [-0.1, -0.05) is 31.4 Å². The molecule has 1 aromatic carbocycles. The van der Waals surface area contributed by atoms with Crippen molar-refractivity contribution in [2.45, 2.75) is 39.2 Å². The van der Waals surface area contributed by atoms with E-state index in [-0.39, 0.29) is 5.91 Å². The third-order valence-electron chi connectivity index (χ3n) is 2.58. The summed E-state index contributed by atoms with van der Waals surface area (Å²) in [7, 11) is 0. The summed E-state index contributed by atoms with van der Waals surface area (Å²) in [4.78, 5) is 11.7. The lowest BCUT2D eigenvalue weighted by Gasteiger charge is -2.14. The van der Waals surface area contributed by atoms with Crippen LogP contribution in [0.3, 0.4) is 0 Å². The van der Waals surface area contributed by atoms with Gasteiger partial charge in [0, 0.05) is 11.6 Å². The second kappa shape index (κ2) is 7.98. The number of rotatable bonds is 7. The summed E-state index contributed by atoms with van der Waals surface area (Å²) in [5, 5.41) is 3.51. The van der Waals surface area contributed by atoms with Crippen LogP contribution in [0.4, 0.5) is 0 Å². The third kappa shape index (κ3) is 5.41. The van der Waals surface area contributed by atoms with Gasteiger partial charge in [0.05, 0.1) is 0 Å². The van der Waals surface area contributed by atoms with Crippen molar-refractivity contribution in [2.75, 3.05) is 6.54 Å². The van der Waals surface area contributed by atoms with Gasteiger partial charge < -0.3 is 10.1 Å². The number of nitrogens with one attached hydrogen (secondary N) is 1. The Kier molecular flexibility index (Phi) is 6.58. The molecule has 0 saturated carbocycles. The van der Waals surface area contributed by atoms with E-state index >= 15 is 0 Å². The number of ether oxygens (including phenoxy) is 1. The van der Waals surface area contributed by atoms with Crippen molar-refractivity contribution in [1.82, 2.24) is 5.32 Å². The zero-order valence-corrected chi connectivity index (χ0v) is 11.7. The fraction of sp³-hybridized carbons (Fsp3) is 0.500. The maximum Gasteiger partial charge on any atom is 0.260 e. The van der Waals surface area contributed by atoms with E-state index in [1.54, 1.807) is 31.2 Å². The molecule has 1 amide bonds. The highest BCUT2D eigenvalue weighted by Gasteiger charge is 2.13. The van der Waals surface area contributed by atoms with Crippen LogP contribution in [0.25, 0.3) is 0 Å². The molecule has 0 aliphatic heterocycles. The van der Waals surface area contributed by atoms with Crippen molar-refractivity contribution in [1.29, 1.82) is 0 Å². The minimum atomic E-state index is -0.493. The van der Waals surface area contributed by atoms with Crippen molar-refractivity contribution < 1.29 is 9.53 Å². The summed E-state index contributed by atoms with van der Waals surface area (Å²) >= 11 is 5.77. The Hall–Kier alpha value is -1.22. The molecule has 18 heavy (non-hydrogen) atoms. The molecule has 100 valence electrons. The number of benzene rings is 1. The number of carbonyl (C=O) groups is 1. The molecular formula is C14H20ClNO2. The van der Waals surface area contributed by atoms with E-state index in [1.165, 1.54) is 0 Å². The van der Waals surface area contributed by atoms with Gasteiger partial charge in [-0.25, -0.2) is 0 Å². The summed E-state index contributed by atoms with van der Waals surface area (Å²) in [6.45, 7) is 4.58. The topological polar surface area (TPSA) is 38.3 Å². The SMILES string of the molecule is CCCCCNC(=O)C(C)Oc1ccc(Cl)cc1. The zero-order chi connectivity index (χ0) is 13.4. The van der Waals surface area contributed by atoms with Crippen molar-refractivity contribution in [2.24, 2.45) is 0 Å². The molecule has 0 aliphatic rings. The fourth-order valence-corrected chi connectivity index (χ4v) is 1.63. The Morgan fingerprint density at radius 2 is 2.00 bits per heavy atom. The molecule has 1 aromatic rings. The Morgan fingerprint density at radius 1 is 1.33 bits per heavy atom. The van der Waals surface area contributed by atoms with E-state index in [0.717, 1.165) is 19.3 Å². The lowest BCUT2D eigenvalue weighted by molar-refractivity contribution is -0.127. The minimum Gasteiger partial charge on any atom is -0.481 e. The van der Waals surface area contributed by atoms with E-state index in [4.69, 9.17) is 16.3 Å². The van der Waals surface area contributed by atoms with E-state index in [1.807, 2.05) is 0 Å². The second-order valence-corrected chi connectivity index (χ2v) is 4.65. The Balaban J connectivity index is 2.33. The maximum atomic E-state index is 11.7. The monoisotopic (exact) mass is 269 g/mol. The highest BCUT2D eigenvalue weighted by molar-refractivity contribution is 6.30. The smallest absolute Gasteiger partial charge is 0.260 e. The van der Waals surface area contributed by atoms with Crippen LogP contribution in [0.5, 0.6) is 5.75 Å². The van der Waals surface area contributed by atoms with Gasteiger partial charge in [-0.3, -0.25) is 4.79 Å². The van der Waals surface area contributed by atoms with Crippen LogP contribution >= 0.6 is 11.6 Å². The van der Waals surface area contributed by atoms with E-state index in [0.29, 0.717) is 17.3 Å². The van der Waals surface area contributed by atoms with Crippen molar-refractivity contribution in [3.8, 4) is 5.75 Å². The fourth-order valence-electron chi connectivity index (χ4n) is 1.50. The average molecular weight is 270 g/mol. The molecule has 0 aliphatic carbocycles. The summed E-state index contributed by atoms with van der Waals surface area (Å²) in [5.41, 5.74) is 0.